The van der Waals surface area contributed by atoms with Gasteiger partial charge in [0.1, 0.15) is 30.7 Å². The number of nitrogens with one attached hydrogen (secondary N) is 1. The summed E-state index contributed by atoms with van der Waals surface area (Å²) in [5.74, 6) is 3.43. The summed E-state index contributed by atoms with van der Waals surface area (Å²) in [6.07, 6.45) is 6.70. The van der Waals surface area contributed by atoms with Gasteiger partial charge in [-0.2, -0.15) is 0 Å². The van der Waals surface area contributed by atoms with Crippen LogP contribution in [0.2, 0.25) is 15.1 Å². The molecule has 22 heteroatoms. The number of hydrogen-bond acceptors (Lipinski definition) is 13. The Hall–Kier alpha value is -5.34. The summed E-state index contributed by atoms with van der Waals surface area (Å²) in [5, 5.41) is 49.7. The summed E-state index contributed by atoms with van der Waals surface area (Å²) >= 11 is 17.8. The number of aliphatic hydroxyl groups is 2. The van der Waals surface area contributed by atoms with Crippen LogP contribution in [0.25, 0.3) is 0 Å². The van der Waals surface area contributed by atoms with Gasteiger partial charge >= 0.3 is 12.2 Å². The number of benzene rings is 3. The number of nitrogens with zero attached hydrogens (tertiary/aromatic N) is 11. The van der Waals surface area contributed by atoms with Crippen LogP contribution in [0.5, 0.6) is 0 Å². The molecule has 6 heterocycles. The maximum Gasteiger partial charge on any atom is 0.410 e. The normalized spacial score (nSPS) is 17.6. The number of carbonyl (C=O) groups is 2. The molecule has 3 aromatic carbocycles. The zero-order chi connectivity index (χ0) is 51.6. The molecule has 18 nitrogen and oxygen atoms in total. The second-order valence-corrected chi connectivity index (χ2v) is 21.3. The van der Waals surface area contributed by atoms with Gasteiger partial charge in [0.25, 0.3) is 0 Å². The number of halogens is 4. The van der Waals surface area contributed by atoms with Gasteiger partial charge in [-0.15, -0.1) is 43.0 Å². The smallest absolute Gasteiger partial charge is 0.410 e. The number of aliphatic hydroxyl groups excluding tert-OH is 2. The van der Waals surface area contributed by atoms with E-state index in [1.165, 1.54) is 0 Å². The number of ether oxygens (including phenoxy) is 2. The van der Waals surface area contributed by atoms with Gasteiger partial charge in [0, 0.05) is 28.2 Å². The van der Waals surface area contributed by atoms with Gasteiger partial charge in [-0.25, -0.2) is 9.59 Å². The average molecular weight is 1080 g/mol. The highest BCUT2D eigenvalue weighted by Crippen LogP contribution is 2.34. The Bertz CT molecular complexity index is 2700. The first-order valence-electron chi connectivity index (χ1n) is 24.3. The quantitative estimate of drug-likeness (QED) is 0.111. The predicted octanol–water partition coefficient (Wildman–Crippen LogP) is 9.91. The van der Waals surface area contributed by atoms with E-state index in [1.807, 2.05) is 128 Å². The third-order valence-corrected chi connectivity index (χ3v) is 12.9. The van der Waals surface area contributed by atoms with E-state index < -0.39 is 11.2 Å². The Labute approximate surface area is 447 Å². The molecule has 3 aliphatic heterocycles. The molecule has 394 valence electrons. The highest BCUT2D eigenvalue weighted by Gasteiger charge is 2.38. The van der Waals surface area contributed by atoms with Crippen LogP contribution >= 0.6 is 47.2 Å². The second kappa shape index (κ2) is 25.7. The van der Waals surface area contributed by atoms with Gasteiger partial charge in [0.15, 0.2) is 29.1 Å². The predicted molar refractivity (Wildman–Crippen MR) is 281 cm³/mol. The van der Waals surface area contributed by atoms with Crippen molar-refractivity contribution >= 4 is 59.4 Å². The zero-order valence-corrected chi connectivity index (χ0v) is 45.2. The van der Waals surface area contributed by atoms with Crippen molar-refractivity contribution in [2.45, 2.75) is 142 Å². The summed E-state index contributed by atoms with van der Waals surface area (Å²) in [7, 11) is 0. The molecule has 0 spiro atoms. The SMILES string of the molecule is CC(C)(C)OC(=O)N1CCC[C@@H]1c1nnc(CO)n1Cc1ccc(Cl)cc1.CC(C)(C)OC(=O)N1CCC[C@@H]1c1nncn1Cc1ccc(Cl)cc1.Cl.OCc1nnc([C@H]2CCCN2)n1Cc1ccc(Cl)cc1. The summed E-state index contributed by atoms with van der Waals surface area (Å²) in [6, 6.07) is 22.8. The van der Waals surface area contributed by atoms with Crippen LogP contribution in [-0.4, -0.2) is 107 Å². The molecular formula is C51H66Cl4N12O6. The van der Waals surface area contributed by atoms with Crippen LogP contribution in [0.1, 0.15) is 144 Å². The summed E-state index contributed by atoms with van der Waals surface area (Å²) < 4.78 is 16.9. The van der Waals surface area contributed by atoms with E-state index in [1.54, 1.807) is 16.1 Å². The average Bonchev–Trinajstić information content (AvgIpc) is 4.20. The molecule has 0 radical (unpaired) electrons. The van der Waals surface area contributed by atoms with Crippen molar-refractivity contribution in [1.82, 2.24) is 59.4 Å². The molecule has 0 aliphatic carbocycles. The van der Waals surface area contributed by atoms with E-state index >= 15 is 0 Å². The lowest BCUT2D eigenvalue weighted by Crippen LogP contribution is -2.37. The van der Waals surface area contributed by atoms with Crippen LogP contribution < -0.4 is 5.32 Å². The van der Waals surface area contributed by atoms with Crippen molar-refractivity contribution in [3.63, 3.8) is 0 Å². The van der Waals surface area contributed by atoms with E-state index in [4.69, 9.17) is 44.3 Å². The molecule has 0 bridgehead atoms. The lowest BCUT2D eigenvalue weighted by molar-refractivity contribution is 0.0205. The Kier molecular flexibility index (Phi) is 20.1. The molecular weight excluding hydrogens is 1020 g/mol. The number of rotatable bonds is 11. The monoisotopic (exact) mass is 1080 g/mol. The molecule has 6 aromatic rings. The number of amides is 2. The summed E-state index contributed by atoms with van der Waals surface area (Å²) in [6.45, 7) is 14.9. The molecule has 0 unspecified atom stereocenters. The van der Waals surface area contributed by atoms with Crippen molar-refractivity contribution in [2.75, 3.05) is 19.6 Å². The molecule has 3 fully saturated rings. The van der Waals surface area contributed by atoms with Crippen LogP contribution in [-0.2, 0) is 42.3 Å². The van der Waals surface area contributed by atoms with E-state index in [0.29, 0.717) is 60.2 Å². The summed E-state index contributed by atoms with van der Waals surface area (Å²) in [4.78, 5) is 28.6. The topological polar surface area (TPSA) is 204 Å². The Morgan fingerprint density at radius 3 is 1.44 bits per heavy atom. The van der Waals surface area contributed by atoms with Gasteiger partial charge in [-0.05, 0) is 140 Å². The minimum atomic E-state index is -0.558. The lowest BCUT2D eigenvalue weighted by Gasteiger charge is -2.28. The van der Waals surface area contributed by atoms with E-state index in [-0.39, 0.29) is 55.9 Å². The largest absolute Gasteiger partial charge is 0.444 e. The number of aromatic nitrogens is 9. The summed E-state index contributed by atoms with van der Waals surface area (Å²) in [5.41, 5.74) is 2.16. The van der Waals surface area contributed by atoms with E-state index in [0.717, 1.165) is 78.4 Å². The van der Waals surface area contributed by atoms with Crippen LogP contribution in [0, 0.1) is 0 Å². The fourth-order valence-corrected chi connectivity index (χ4v) is 9.19. The molecule has 3 atom stereocenters. The third kappa shape index (κ3) is 15.6. The number of hydrogen-bond donors (Lipinski definition) is 3. The molecule has 3 aliphatic rings. The van der Waals surface area contributed by atoms with E-state index in [9.17, 15) is 19.8 Å². The number of likely N-dealkylation sites (tertiary alicyclic amines) is 2. The van der Waals surface area contributed by atoms with Gasteiger partial charge in [-0.1, -0.05) is 71.2 Å². The maximum absolute atomic E-state index is 12.6. The first kappa shape index (κ1) is 56.9. The first-order chi connectivity index (χ1) is 34.4. The second-order valence-electron chi connectivity index (χ2n) is 19.9. The molecule has 9 rings (SSSR count). The van der Waals surface area contributed by atoms with Crippen molar-refractivity contribution in [3.05, 3.63) is 140 Å². The van der Waals surface area contributed by atoms with Gasteiger partial charge in [-0.3, -0.25) is 9.80 Å². The highest BCUT2D eigenvalue weighted by atomic mass is 35.5. The molecule has 73 heavy (non-hydrogen) atoms. The van der Waals surface area contributed by atoms with Crippen LogP contribution in [0.3, 0.4) is 0 Å². The lowest BCUT2D eigenvalue weighted by atomic mass is 10.2. The Balaban J connectivity index is 0.000000179. The molecule has 3 aromatic heterocycles. The van der Waals surface area contributed by atoms with Gasteiger partial charge in [0.05, 0.1) is 37.8 Å². The Morgan fingerprint density at radius 2 is 1.01 bits per heavy atom. The standard InChI is InChI=1S/C19H25ClN4O3.C18H23ClN4O2.C14H17ClN4O.ClH/c1-19(2,3)27-18(26)23-10-4-5-15(23)17-22-21-16(12-25)24(17)11-13-6-8-14(20)9-7-13;1-18(2,3)25-17(24)23-10-4-5-15(23)16-21-20-12-22(16)11-13-6-8-14(19)9-7-13;15-11-5-3-10(4-6-11)8-19-13(9-20)17-18-14(19)12-2-1-7-16-12;/h6-9,15,25H,4-5,10-12H2,1-3H3;6-9,12,15H,4-5,10-11H2,1-3H3;3-6,12,16,20H,1-2,7-9H2;1H/t2*15-;12-;/m111./s1. The van der Waals surface area contributed by atoms with Crippen molar-refractivity contribution in [3.8, 4) is 0 Å². The maximum atomic E-state index is 12.6. The van der Waals surface area contributed by atoms with Crippen LogP contribution in [0.15, 0.2) is 79.1 Å². The minimum Gasteiger partial charge on any atom is -0.444 e. The van der Waals surface area contributed by atoms with Crippen molar-refractivity contribution < 1.29 is 29.3 Å². The highest BCUT2D eigenvalue weighted by molar-refractivity contribution is 6.31. The molecule has 2 amide bonds. The number of carbonyl (C=O) groups excluding carboxylic acids is 2. The van der Waals surface area contributed by atoms with Crippen LogP contribution in [0.4, 0.5) is 9.59 Å². The van der Waals surface area contributed by atoms with Crippen molar-refractivity contribution in [1.29, 1.82) is 0 Å². The third-order valence-electron chi connectivity index (χ3n) is 12.1. The molecule has 3 saturated heterocycles. The van der Waals surface area contributed by atoms with Gasteiger partial charge < -0.3 is 38.7 Å². The van der Waals surface area contributed by atoms with Gasteiger partial charge in [0.2, 0.25) is 0 Å². The molecule has 3 N–H and O–H groups in total. The minimum absolute atomic E-state index is 0. The fraction of sp³-hybridized carbons (Fsp3) is 0.490. The fourth-order valence-electron chi connectivity index (χ4n) is 8.81. The Morgan fingerprint density at radius 1 is 0.589 bits per heavy atom. The zero-order valence-electron chi connectivity index (χ0n) is 42.1. The van der Waals surface area contributed by atoms with Crippen molar-refractivity contribution in [2.24, 2.45) is 0 Å². The molecule has 0 saturated carbocycles. The first-order valence-corrected chi connectivity index (χ1v) is 25.4. The van der Waals surface area contributed by atoms with E-state index in [2.05, 4.69) is 35.9 Å².